The summed E-state index contributed by atoms with van der Waals surface area (Å²) < 4.78 is 34.0. The standard InChI is InChI=1S/C22H31ClN4O4S/c1-7-26(8-2)32(29,30)17-9-11-20(31-6)19(13-17)24-21(28)12-10-18-16(5)25-27(22(18)23)14-15(3)4/h9-13,15H,7-8,14H2,1-6H3,(H,24,28)/b12-10+. The van der Waals surface area contributed by atoms with Crippen LogP contribution in [0, 0.1) is 12.8 Å². The van der Waals surface area contributed by atoms with Crippen LogP contribution < -0.4 is 10.1 Å². The van der Waals surface area contributed by atoms with Gasteiger partial charge in [0.1, 0.15) is 10.9 Å². The molecule has 0 saturated heterocycles. The Morgan fingerprint density at radius 1 is 1.31 bits per heavy atom. The summed E-state index contributed by atoms with van der Waals surface area (Å²) in [5.41, 5.74) is 1.63. The Labute approximate surface area is 195 Å². The molecule has 1 amide bonds. The van der Waals surface area contributed by atoms with Gasteiger partial charge in [-0.3, -0.25) is 9.48 Å². The third-order valence-electron chi connectivity index (χ3n) is 4.82. The maximum absolute atomic E-state index is 12.8. The first-order chi connectivity index (χ1) is 15.0. The molecular formula is C22H31ClN4O4S. The number of carbonyl (C=O) groups excluding carboxylic acids is 1. The number of rotatable bonds is 10. The third kappa shape index (κ3) is 5.90. The minimum absolute atomic E-state index is 0.0788. The predicted molar refractivity (Wildman–Crippen MR) is 128 cm³/mol. The molecule has 10 heteroatoms. The van der Waals surface area contributed by atoms with E-state index in [-0.39, 0.29) is 10.6 Å². The molecule has 0 unspecified atom stereocenters. The second kappa shape index (κ2) is 11.0. The summed E-state index contributed by atoms with van der Waals surface area (Å²) in [5.74, 6) is 0.274. The molecule has 0 aliphatic rings. The van der Waals surface area contributed by atoms with Crippen molar-refractivity contribution in [3.05, 3.63) is 40.7 Å². The van der Waals surface area contributed by atoms with E-state index in [0.29, 0.717) is 47.7 Å². The number of amides is 1. The molecule has 32 heavy (non-hydrogen) atoms. The number of nitrogens with one attached hydrogen (secondary N) is 1. The highest BCUT2D eigenvalue weighted by atomic mass is 35.5. The minimum Gasteiger partial charge on any atom is -0.495 e. The number of sulfonamides is 1. The van der Waals surface area contributed by atoms with Crippen molar-refractivity contribution in [2.24, 2.45) is 5.92 Å². The van der Waals surface area contributed by atoms with Gasteiger partial charge in [-0.25, -0.2) is 8.42 Å². The van der Waals surface area contributed by atoms with Crippen molar-refractivity contribution in [3.8, 4) is 5.75 Å². The first-order valence-electron chi connectivity index (χ1n) is 10.4. The van der Waals surface area contributed by atoms with Crippen molar-refractivity contribution in [1.29, 1.82) is 0 Å². The van der Waals surface area contributed by atoms with Gasteiger partial charge in [0.25, 0.3) is 0 Å². The molecule has 1 heterocycles. The Kier molecular flexibility index (Phi) is 8.89. The van der Waals surface area contributed by atoms with Gasteiger partial charge in [-0.05, 0) is 37.1 Å². The monoisotopic (exact) mass is 482 g/mol. The molecule has 0 radical (unpaired) electrons. The molecule has 0 saturated carbocycles. The molecule has 0 fully saturated rings. The van der Waals surface area contributed by atoms with E-state index >= 15 is 0 Å². The van der Waals surface area contributed by atoms with E-state index in [4.69, 9.17) is 16.3 Å². The van der Waals surface area contributed by atoms with Crippen LogP contribution in [0.1, 0.15) is 39.0 Å². The van der Waals surface area contributed by atoms with Crippen molar-refractivity contribution in [2.75, 3.05) is 25.5 Å². The summed E-state index contributed by atoms with van der Waals surface area (Å²) in [6, 6.07) is 4.38. The minimum atomic E-state index is -3.68. The first-order valence-corrected chi connectivity index (χ1v) is 12.3. The zero-order valence-corrected chi connectivity index (χ0v) is 20.9. The van der Waals surface area contributed by atoms with Gasteiger partial charge in [0.15, 0.2) is 0 Å². The van der Waals surface area contributed by atoms with Gasteiger partial charge >= 0.3 is 0 Å². The lowest BCUT2D eigenvalue weighted by Gasteiger charge is -2.19. The highest BCUT2D eigenvalue weighted by Gasteiger charge is 2.23. The van der Waals surface area contributed by atoms with E-state index < -0.39 is 15.9 Å². The fourth-order valence-electron chi connectivity index (χ4n) is 3.21. The number of hydrogen-bond donors (Lipinski definition) is 1. The average molecular weight is 483 g/mol. The van der Waals surface area contributed by atoms with Gasteiger partial charge in [-0.2, -0.15) is 9.40 Å². The van der Waals surface area contributed by atoms with E-state index in [0.717, 1.165) is 0 Å². The van der Waals surface area contributed by atoms with Gasteiger partial charge in [-0.1, -0.05) is 39.3 Å². The predicted octanol–water partition coefficient (Wildman–Crippen LogP) is 4.19. The smallest absolute Gasteiger partial charge is 0.248 e. The first kappa shape index (κ1) is 25.9. The zero-order valence-electron chi connectivity index (χ0n) is 19.3. The van der Waals surface area contributed by atoms with Gasteiger partial charge in [-0.15, -0.1) is 0 Å². The number of methoxy groups -OCH3 is 1. The molecule has 2 aromatic rings. The Bertz CT molecular complexity index is 1090. The van der Waals surface area contributed by atoms with Gasteiger partial charge in [0, 0.05) is 31.3 Å². The van der Waals surface area contributed by atoms with Crippen LogP contribution in [-0.4, -0.2) is 48.6 Å². The highest BCUT2D eigenvalue weighted by Crippen LogP contribution is 2.29. The molecule has 0 atom stereocenters. The summed E-state index contributed by atoms with van der Waals surface area (Å²) in [6.07, 6.45) is 2.93. The van der Waals surface area contributed by atoms with E-state index in [1.807, 2.05) is 6.92 Å². The van der Waals surface area contributed by atoms with Gasteiger partial charge in [0.05, 0.1) is 23.4 Å². The summed E-state index contributed by atoms with van der Waals surface area (Å²) in [5, 5.41) is 7.58. The summed E-state index contributed by atoms with van der Waals surface area (Å²) in [7, 11) is -2.23. The maximum atomic E-state index is 12.8. The molecule has 0 aliphatic carbocycles. The lowest BCUT2D eigenvalue weighted by atomic mass is 10.2. The Balaban J connectivity index is 2.29. The molecule has 1 N–H and O–H groups in total. The molecule has 0 bridgehead atoms. The SMILES string of the molecule is CCN(CC)S(=O)(=O)c1ccc(OC)c(NC(=O)/C=C/c2c(C)nn(CC(C)C)c2Cl)c1. The number of anilines is 1. The van der Waals surface area contributed by atoms with Crippen molar-refractivity contribution in [1.82, 2.24) is 14.1 Å². The van der Waals surface area contributed by atoms with E-state index in [2.05, 4.69) is 24.3 Å². The lowest BCUT2D eigenvalue weighted by Crippen LogP contribution is -2.30. The number of halogens is 1. The highest BCUT2D eigenvalue weighted by molar-refractivity contribution is 7.89. The number of carbonyl (C=O) groups is 1. The van der Waals surface area contributed by atoms with Crippen molar-refractivity contribution in [2.45, 2.75) is 46.1 Å². The maximum Gasteiger partial charge on any atom is 0.248 e. The molecule has 1 aromatic heterocycles. The van der Waals surface area contributed by atoms with E-state index in [1.54, 1.807) is 24.6 Å². The van der Waals surface area contributed by atoms with Crippen molar-refractivity contribution >= 4 is 39.3 Å². The second-order valence-corrected chi connectivity index (χ2v) is 9.94. The third-order valence-corrected chi connectivity index (χ3v) is 7.27. The topological polar surface area (TPSA) is 93.5 Å². The second-order valence-electron chi connectivity index (χ2n) is 7.64. The van der Waals surface area contributed by atoms with Crippen LogP contribution >= 0.6 is 11.6 Å². The molecule has 2 rings (SSSR count). The largest absolute Gasteiger partial charge is 0.495 e. The molecular weight excluding hydrogens is 452 g/mol. The van der Waals surface area contributed by atoms with Crippen LogP contribution in [0.2, 0.25) is 5.15 Å². The molecule has 176 valence electrons. The van der Waals surface area contributed by atoms with Crippen LogP contribution in [0.4, 0.5) is 5.69 Å². The van der Waals surface area contributed by atoms with E-state index in [1.165, 1.54) is 35.7 Å². The number of aromatic nitrogens is 2. The molecule has 0 aliphatic heterocycles. The fourth-order valence-corrected chi connectivity index (χ4v) is 5.01. The van der Waals surface area contributed by atoms with Crippen LogP contribution in [-0.2, 0) is 21.4 Å². The zero-order chi connectivity index (χ0) is 24.1. The number of hydrogen-bond acceptors (Lipinski definition) is 5. The van der Waals surface area contributed by atoms with Crippen LogP contribution in [0.15, 0.2) is 29.2 Å². The number of aryl methyl sites for hydroxylation is 1. The lowest BCUT2D eigenvalue weighted by molar-refractivity contribution is -0.111. The fraction of sp³-hybridized carbons (Fsp3) is 0.455. The molecule has 8 nitrogen and oxygen atoms in total. The van der Waals surface area contributed by atoms with Crippen LogP contribution in [0.5, 0.6) is 5.75 Å². The van der Waals surface area contributed by atoms with Gasteiger partial charge < -0.3 is 10.1 Å². The molecule has 1 aromatic carbocycles. The Hall–Kier alpha value is -2.36. The normalized spacial score (nSPS) is 12.2. The molecule has 0 spiro atoms. The van der Waals surface area contributed by atoms with Gasteiger partial charge in [0.2, 0.25) is 15.9 Å². The summed E-state index contributed by atoms with van der Waals surface area (Å²) in [6.45, 7) is 10.9. The summed E-state index contributed by atoms with van der Waals surface area (Å²) >= 11 is 6.42. The Morgan fingerprint density at radius 2 is 1.97 bits per heavy atom. The Morgan fingerprint density at radius 3 is 2.53 bits per heavy atom. The summed E-state index contributed by atoms with van der Waals surface area (Å²) in [4.78, 5) is 12.7. The average Bonchev–Trinajstić information content (AvgIpc) is 2.99. The quantitative estimate of drug-likeness (QED) is 0.512. The number of nitrogens with zero attached hydrogens (tertiary/aromatic N) is 3. The number of ether oxygens (including phenoxy) is 1. The van der Waals surface area contributed by atoms with Crippen LogP contribution in [0.3, 0.4) is 0 Å². The van der Waals surface area contributed by atoms with E-state index in [9.17, 15) is 13.2 Å². The van der Waals surface area contributed by atoms with Crippen LogP contribution in [0.25, 0.3) is 6.08 Å². The van der Waals surface area contributed by atoms with Crippen molar-refractivity contribution in [3.63, 3.8) is 0 Å². The van der Waals surface area contributed by atoms with Crippen molar-refractivity contribution < 1.29 is 17.9 Å². The number of benzene rings is 1.